The van der Waals surface area contributed by atoms with Gasteiger partial charge >= 0.3 is 0 Å². The molecular weight excluding hydrogens is 234 g/mol. The molecular formula is C12H15Cl2F. The number of alkyl halides is 1. The van der Waals surface area contributed by atoms with E-state index < -0.39 is 0 Å². The second kappa shape index (κ2) is 5.72. The Hall–Kier alpha value is -0.270. The molecule has 1 aromatic rings. The largest absolute Gasteiger partial charge is 0.207 e. The van der Waals surface area contributed by atoms with Crippen LogP contribution in [0.15, 0.2) is 18.2 Å². The lowest BCUT2D eigenvalue weighted by atomic mass is 9.96. The van der Waals surface area contributed by atoms with Crippen molar-refractivity contribution in [3.63, 3.8) is 0 Å². The number of halogens is 3. The average molecular weight is 249 g/mol. The van der Waals surface area contributed by atoms with E-state index in [9.17, 15) is 4.39 Å². The lowest BCUT2D eigenvalue weighted by Crippen LogP contribution is -2.06. The topological polar surface area (TPSA) is 0 Å². The predicted octanol–water partition coefficient (Wildman–Crippen LogP) is 4.68. The smallest absolute Gasteiger partial charge is 0.127 e. The van der Waals surface area contributed by atoms with Crippen molar-refractivity contribution in [1.82, 2.24) is 0 Å². The molecule has 0 heterocycles. The highest BCUT2D eigenvalue weighted by molar-refractivity contribution is 6.30. The van der Waals surface area contributed by atoms with Crippen LogP contribution in [0.3, 0.4) is 0 Å². The zero-order valence-corrected chi connectivity index (χ0v) is 10.4. The van der Waals surface area contributed by atoms with Crippen molar-refractivity contribution in [2.45, 2.75) is 32.1 Å². The first-order valence-electron chi connectivity index (χ1n) is 5.07. The normalized spacial score (nSPS) is 15.0. The van der Waals surface area contributed by atoms with Gasteiger partial charge in [-0.15, -0.1) is 11.6 Å². The maximum absolute atomic E-state index is 13.4. The molecule has 0 spiro atoms. The Morgan fingerprint density at radius 3 is 2.53 bits per heavy atom. The van der Waals surface area contributed by atoms with E-state index in [2.05, 4.69) is 6.92 Å². The fourth-order valence-corrected chi connectivity index (χ4v) is 2.16. The van der Waals surface area contributed by atoms with E-state index in [0.717, 1.165) is 6.42 Å². The molecule has 1 aromatic carbocycles. The molecule has 0 aliphatic heterocycles. The summed E-state index contributed by atoms with van der Waals surface area (Å²) in [7, 11) is 0. The first-order chi connectivity index (χ1) is 6.99. The summed E-state index contributed by atoms with van der Waals surface area (Å²) in [6.07, 6.45) is 1.60. The SMILES string of the molecule is CC(Cl)CC(C)Cc1ccc(Cl)cc1F. The monoisotopic (exact) mass is 248 g/mol. The second-order valence-electron chi connectivity index (χ2n) is 4.06. The lowest BCUT2D eigenvalue weighted by Gasteiger charge is -2.13. The van der Waals surface area contributed by atoms with Gasteiger partial charge in [0.1, 0.15) is 5.82 Å². The van der Waals surface area contributed by atoms with Gasteiger partial charge < -0.3 is 0 Å². The molecule has 0 aliphatic carbocycles. The highest BCUT2D eigenvalue weighted by Crippen LogP contribution is 2.20. The fraction of sp³-hybridized carbons (Fsp3) is 0.500. The van der Waals surface area contributed by atoms with E-state index in [1.165, 1.54) is 6.07 Å². The van der Waals surface area contributed by atoms with Crippen molar-refractivity contribution in [3.8, 4) is 0 Å². The van der Waals surface area contributed by atoms with Crippen LogP contribution in [0.5, 0.6) is 0 Å². The van der Waals surface area contributed by atoms with Crippen LogP contribution in [0.25, 0.3) is 0 Å². The summed E-state index contributed by atoms with van der Waals surface area (Å²) in [6, 6.07) is 4.82. The first kappa shape index (κ1) is 12.8. The number of benzene rings is 1. The van der Waals surface area contributed by atoms with Gasteiger partial charge in [-0.2, -0.15) is 0 Å². The molecule has 0 N–H and O–H groups in total. The van der Waals surface area contributed by atoms with Crippen LogP contribution in [0.2, 0.25) is 5.02 Å². The molecule has 0 aliphatic rings. The predicted molar refractivity (Wildman–Crippen MR) is 64.2 cm³/mol. The quantitative estimate of drug-likeness (QED) is 0.680. The minimum absolute atomic E-state index is 0.135. The molecule has 0 nitrogen and oxygen atoms in total. The van der Waals surface area contributed by atoms with Gasteiger partial charge in [-0.05, 0) is 43.4 Å². The summed E-state index contributed by atoms with van der Waals surface area (Å²) in [5.41, 5.74) is 0.712. The third-order valence-electron chi connectivity index (χ3n) is 2.31. The van der Waals surface area contributed by atoms with Gasteiger partial charge in [0.05, 0.1) is 0 Å². The summed E-state index contributed by atoms with van der Waals surface area (Å²) in [4.78, 5) is 0. The van der Waals surface area contributed by atoms with Crippen LogP contribution >= 0.6 is 23.2 Å². The van der Waals surface area contributed by atoms with Gasteiger partial charge in [0.25, 0.3) is 0 Å². The zero-order chi connectivity index (χ0) is 11.4. The Morgan fingerprint density at radius 1 is 1.33 bits per heavy atom. The molecule has 0 bridgehead atoms. The van der Waals surface area contributed by atoms with Crippen LogP contribution < -0.4 is 0 Å². The Bertz CT molecular complexity index is 323. The maximum Gasteiger partial charge on any atom is 0.127 e. The second-order valence-corrected chi connectivity index (χ2v) is 5.24. The summed E-state index contributed by atoms with van der Waals surface area (Å²) >= 11 is 11.6. The molecule has 0 fully saturated rings. The standard InChI is InChI=1S/C12H15Cl2F/c1-8(5-9(2)13)6-10-3-4-11(14)7-12(10)15/h3-4,7-9H,5-6H2,1-2H3. The molecule has 0 amide bonds. The Labute approximate surface area is 100 Å². The molecule has 2 atom stereocenters. The third kappa shape index (κ3) is 4.40. The lowest BCUT2D eigenvalue weighted by molar-refractivity contribution is 0.507. The Kier molecular flexibility index (Phi) is 4.88. The van der Waals surface area contributed by atoms with Crippen LogP contribution in [-0.4, -0.2) is 5.38 Å². The fourth-order valence-electron chi connectivity index (χ4n) is 1.70. The highest BCUT2D eigenvalue weighted by atomic mass is 35.5. The van der Waals surface area contributed by atoms with Crippen LogP contribution in [0.4, 0.5) is 4.39 Å². The first-order valence-corrected chi connectivity index (χ1v) is 5.88. The summed E-state index contributed by atoms with van der Waals surface area (Å²) in [6.45, 7) is 4.03. The van der Waals surface area contributed by atoms with E-state index in [1.54, 1.807) is 12.1 Å². The number of rotatable bonds is 4. The summed E-state index contributed by atoms with van der Waals surface area (Å²) in [5.74, 6) is 0.157. The van der Waals surface area contributed by atoms with E-state index >= 15 is 0 Å². The molecule has 0 aromatic heterocycles. The Balaban J connectivity index is 2.64. The van der Waals surface area contributed by atoms with E-state index in [4.69, 9.17) is 23.2 Å². The number of hydrogen-bond donors (Lipinski definition) is 0. The highest BCUT2D eigenvalue weighted by Gasteiger charge is 2.10. The molecule has 3 heteroatoms. The van der Waals surface area contributed by atoms with Gasteiger partial charge in [-0.1, -0.05) is 24.6 Å². The Morgan fingerprint density at radius 2 is 2.00 bits per heavy atom. The molecule has 1 rings (SSSR count). The van der Waals surface area contributed by atoms with Crippen LogP contribution in [0, 0.1) is 11.7 Å². The summed E-state index contributed by atoms with van der Waals surface area (Å²) in [5, 5.41) is 0.574. The van der Waals surface area contributed by atoms with Gasteiger partial charge in [0, 0.05) is 10.4 Å². The molecule has 84 valence electrons. The van der Waals surface area contributed by atoms with Gasteiger partial charge in [0.2, 0.25) is 0 Å². The average Bonchev–Trinajstić information content (AvgIpc) is 2.08. The zero-order valence-electron chi connectivity index (χ0n) is 8.93. The van der Waals surface area contributed by atoms with E-state index in [-0.39, 0.29) is 11.2 Å². The summed E-state index contributed by atoms with van der Waals surface area (Å²) < 4.78 is 13.4. The molecule has 0 saturated heterocycles. The molecule has 2 unspecified atom stereocenters. The minimum Gasteiger partial charge on any atom is -0.207 e. The van der Waals surface area contributed by atoms with Gasteiger partial charge in [0.15, 0.2) is 0 Å². The van der Waals surface area contributed by atoms with Crippen molar-refractivity contribution in [2.24, 2.45) is 5.92 Å². The molecule has 0 saturated carbocycles. The minimum atomic E-state index is -0.225. The van der Waals surface area contributed by atoms with Crippen molar-refractivity contribution in [3.05, 3.63) is 34.6 Å². The van der Waals surface area contributed by atoms with Crippen molar-refractivity contribution in [1.29, 1.82) is 0 Å². The van der Waals surface area contributed by atoms with Crippen molar-refractivity contribution >= 4 is 23.2 Å². The van der Waals surface area contributed by atoms with Crippen LogP contribution in [-0.2, 0) is 6.42 Å². The number of hydrogen-bond acceptors (Lipinski definition) is 0. The van der Waals surface area contributed by atoms with Crippen LogP contribution in [0.1, 0.15) is 25.8 Å². The van der Waals surface area contributed by atoms with Crippen molar-refractivity contribution < 1.29 is 4.39 Å². The maximum atomic E-state index is 13.4. The third-order valence-corrected chi connectivity index (χ3v) is 2.72. The van der Waals surface area contributed by atoms with Gasteiger partial charge in [-0.3, -0.25) is 0 Å². The van der Waals surface area contributed by atoms with Crippen molar-refractivity contribution in [2.75, 3.05) is 0 Å². The van der Waals surface area contributed by atoms with E-state index in [0.29, 0.717) is 22.9 Å². The van der Waals surface area contributed by atoms with Gasteiger partial charge in [-0.25, -0.2) is 4.39 Å². The molecule has 15 heavy (non-hydrogen) atoms. The van der Waals surface area contributed by atoms with E-state index in [1.807, 2.05) is 6.92 Å². The molecule has 0 radical (unpaired) electrons.